The Kier molecular flexibility index (Phi) is 5.48. The van der Waals surface area contributed by atoms with E-state index in [2.05, 4.69) is 16.7 Å². The van der Waals surface area contributed by atoms with Crippen molar-refractivity contribution in [1.29, 1.82) is 0 Å². The van der Waals surface area contributed by atoms with Gasteiger partial charge in [0, 0.05) is 48.6 Å². The molecule has 0 amide bonds. The van der Waals surface area contributed by atoms with Gasteiger partial charge in [0.2, 0.25) is 0 Å². The SMILES string of the molecule is COc1cc(OC)c2c(C3CC(=O)Oc4c3c(=O)n(C)c3ccccc43)cn(Cc3ccccc3)c2c1. The van der Waals surface area contributed by atoms with E-state index in [1.807, 2.05) is 60.8 Å². The van der Waals surface area contributed by atoms with Gasteiger partial charge in [-0.2, -0.15) is 0 Å². The minimum Gasteiger partial charge on any atom is -0.497 e. The molecule has 7 nitrogen and oxygen atoms in total. The number of hydrogen-bond acceptors (Lipinski definition) is 5. The van der Waals surface area contributed by atoms with Crippen LogP contribution in [0.3, 0.4) is 0 Å². The van der Waals surface area contributed by atoms with E-state index in [1.54, 1.807) is 25.8 Å². The molecule has 1 unspecified atom stereocenters. The Bertz CT molecular complexity index is 1730. The van der Waals surface area contributed by atoms with Crippen molar-refractivity contribution in [3.05, 3.63) is 100.0 Å². The fourth-order valence-electron chi connectivity index (χ4n) is 5.45. The molecule has 5 aromatic rings. The van der Waals surface area contributed by atoms with Crippen molar-refractivity contribution >= 4 is 27.8 Å². The Balaban J connectivity index is 1.65. The summed E-state index contributed by atoms with van der Waals surface area (Å²) in [5, 5.41) is 1.58. The Morgan fingerprint density at radius 1 is 0.946 bits per heavy atom. The fraction of sp³-hybridized carbons (Fsp3) is 0.200. The maximum absolute atomic E-state index is 13.7. The number of carbonyl (C=O) groups excluding carboxylic acids is 1. The third-order valence-electron chi connectivity index (χ3n) is 7.20. The number of nitrogens with zero attached hydrogens (tertiary/aromatic N) is 2. The monoisotopic (exact) mass is 494 g/mol. The van der Waals surface area contributed by atoms with Crippen molar-refractivity contribution in [3.8, 4) is 17.2 Å². The molecule has 1 atom stereocenters. The van der Waals surface area contributed by atoms with E-state index >= 15 is 0 Å². The Labute approximate surface area is 213 Å². The van der Waals surface area contributed by atoms with Crippen LogP contribution in [0.1, 0.15) is 29.0 Å². The summed E-state index contributed by atoms with van der Waals surface area (Å²) >= 11 is 0. The minimum atomic E-state index is -0.499. The molecular weight excluding hydrogens is 468 g/mol. The molecule has 37 heavy (non-hydrogen) atoms. The molecule has 0 fully saturated rings. The molecular formula is C30H26N2O5. The van der Waals surface area contributed by atoms with Crippen LogP contribution >= 0.6 is 0 Å². The molecule has 0 radical (unpaired) electrons. The molecule has 0 spiro atoms. The molecule has 0 saturated heterocycles. The van der Waals surface area contributed by atoms with Gasteiger partial charge in [0.1, 0.15) is 17.2 Å². The topological polar surface area (TPSA) is 71.7 Å². The van der Waals surface area contributed by atoms with E-state index in [0.717, 1.165) is 27.4 Å². The number of aryl methyl sites for hydroxylation is 1. The summed E-state index contributed by atoms with van der Waals surface area (Å²) in [6.45, 7) is 0.605. The second kappa shape index (κ2) is 8.85. The van der Waals surface area contributed by atoms with Gasteiger partial charge in [0.25, 0.3) is 5.56 Å². The fourth-order valence-corrected chi connectivity index (χ4v) is 5.45. The third-order valence-corrected chi connectivity index (χ3v) is 7.20. The van der Waals surface area contributed by atoms with E-state index in [4.69, 9.17) is 14.2 Å². The summed E-state index contributed by atoms with van der Waals surface area (Å²) in [5.74, 6) is 0.757. The van der Waals surface area contributed by atoms with Crippen molar-refractivity contribution in [3.63, 3.8) is 0 Å². The molecule has 1 aliphatic rings. The zero-order valence-corrected chi connectivity index (χ0v) is 20.9. The van der Waals surface area contributed by atoms with Crippen LogP contribution < -0.4 is 19.8 Å². The lowest BCUT2D eigenvalue weighted by molar-refractivity contribution is -0.135. The molecule has 0 N–H and O–H groups in total. The number of benzene rings is 3. The molecule has 0 aliphatic carbocycles. The van der Waals surface area contributed by atoms with Gasteiger partial charge >= 0.3 is 5.97 Å². The number of rotatable bonds is 5. The van der Waals surface area contributed by atoms with Crippen LogP contribution in [0.25, 0.3) is 21.8 Å². The predicted octanol–water partition coefficient (Wildman–Crippen LogP) is 5.00. The third kappa shape index (κ3) is 3.66. The summed E-state index contributed by atoms with van der Waals surface area (Å²) in [6.07, 6.45) is 2.08. The Hall–Kier alpha value is -4.52. The lowest BCUT2D eigenvalue weighted by atomic mass is 9.85. The number of fused-ring (bicyclic) bond motifs is 4. The standard InChI is InChI=1S/C30H26N2O5/c1-31-23-12-8-7-11-20(23)29-28(30(31)34)21(15-26(33)37-29)22-17-32(16-18-9-5-4-6-10-18)24-13-19(35-2)14-25(36-3)27(22)24/h4-14,17,21H,15-16H2,1-3H3. The molecule has 2 aromatic heterocycles. The first-order valence-corrected chi connectivity index (χ1v) is 12.1. The average Bonchev–Trinajstić information content (AvgIpc) is 3.29. The van der Waals surface area contributed by atoms with Crippen molar-refractivity contribution in [2.75, 3.05) is 14.2 Å². The zero-order chi connectivity index (χ0) is 25.7. The van der Waals surface area contributed by atoms with Crippen LogP contribution in [-0.2, 0) is 18.4 Å². The van der Waals surface area contributed by atoms with Crippen molar-refractivity contribution < 1.29 is 19.0 Å². The normalized spacial score (nSPS) is 15.0. The van der Waals surface area contributed by atoms with Crippen molar-refractivity contribution in [1.82, 2.24) is 9.13 Å². The van der Waals surface area contributed by atoms with E-state index < -0.39 is 5.92 Å². The second-order valence-electron chi connectivity index (χ2n) is 9.28. The van der Waals surface area contributed by atoms with Crippen LogP contribution in [-0.4, -0.2) is 29.3 Å². The molecule has 0 saturated carbocycles. The van der Waals surface area contributed by atoms with Crippen molar-refractivity contribution in [2.45, 2.75) is 18.9 Å². The maximum Gasteiger partial charge on any atom is 0.312 e. The van der Waals surface area contributed by atoms with Gasteiger partial charge in [-0.1, -0.05) is 42.5 Å². The Morgan fingerprint density at radius 2 is 1.70 bits per heavy atom. The number of methoxy groups -OCH3 is 2. The zero-order valence-electron chi connectivity index (χ0n) is 20.9. The first-order chi connectivity index (χ1) is 18.0. The van der Waals surface area contributed by atoms with Crippen LogP contribution in [0, 0.1) is 0 Å². The minimum absolute atomic E-state index is 0.0558. The summed E-state index contributed by atoms with van der Waals surface area (Å²) in [7, 11) is 4.99. The number of carbonyl (C=O) groups is 1. The summed E-state index contributed by atoms with van der Waals surface area (Å²) in [4.78, 5) is 26.7. The Morgan fingerprint density at radius 3 is 2.46 bits per heavy atom. The number of aromatic nitrogens is 2. The smallest absolute Gasteiger partial charge is 0.312 e. The predicted molar refractivity (Wildman–Crippen MR) is 142 cm³/mol. The summed E-state index contributed by atoms with van der Waals surface area (Å²) < 4.78 is 20.9. The maximum atomic E-state index is 13.7. The highest BCUT2D eigenvalue weighted by Crippen LogP contribution is 2.46. The molecule has 186 valence electrons. The summed E-state index contributed by atoms with van der Waals surface area (Å²) in [5.41, 5.74) is 3.88. The molecule has 0 bridgehead atoms. The van der Waals surface area contributed by atoms with Gasteiger partial charge in [-0.05, 0) is 23.3 Å². The highest BCUT2D eigenvalue weighted by Gasteiger charge is 2.36. The van der Waals surface area contributed by atoms with Crippen molar-refractivity contribution in [2.24, 2.45) is 7.05 Å². The largest absolute Gasteiger partial charge is 0.497 e. The van der Waals surface area contributed by atoms with E-state index in [9.17, 15) is 9.59 Å². The number of para-hydroxylation sites is 1. The average molecular weight is 495 g/mol. The molecule has 7 heteroatoms. The van der Waals surface area contributed by atoms with Gasteiger partial charge in [0.05, 0.1) is 37.2 Å². The van der Waals surface area contributed by atoms with Gasteiger partial charge in [-0.25, -0.2) is 0 Å². The highest BCUT2D eigenvalue weighted by molar-refractivity contribution is 5.96. The quantitative estimate of drug-likeness (QED) is 0.322. The highest BCUT2D eigenvalue weighted by atomic mass is 16.5. The van der Waals surface area contributed by atoms with Gasteiger partial charge in [-0.3, -0.25) is 9.59 Å². The van der Waals surface area contributed by atoms with Crippen LogP contribution in [0.5, 0.6) is 17.2 Å². The number of ether oxygens (including phenoxy) is 3. The van der Waals surface area contributed by atoms with Crippen LogP contribution in [0.4, 0.5) is 0 Å². The first-order valence-electron chi connectivity index (χ1n) is 12.1. The lowest BCUT2D eigenvalue weighted by Gasteiger charge is -2.26. The van der Waals surface area contributed by atoms with Gasteiger partial charge in [-0.15, -0.1) is 0 Å². The first kappa shape index (κ1) is 22.9. The molecule has 1 aliphatic heterocycles. The summed E-state index contributed by atoms with van der Waals surface area (Å²) in [6, 6.07) is 21.4. The number of esters is 1. The second-order valence-corrected chi connectivity index (χ2v) is 9.28. The van der Waals surface area contributed by atoms with E-state index in [-0.39, 0.29) is 17.9 Å². The van der Waals surface area contributed by atoms with Crippen LogP contribution in [0.15, 0.2) is 77.7 Å². The molecule has 3 heterocycles. The van der Waals surface area contributed by atoms with E-state index in [1.165, 1.54) is 0 Å². The molecule has 6 rings (SSSR count). The lowest BCUT2D eigenvalue weighted by Crippen LogP contribution is -2.31. The van der Waals surface area contributed by atoms with Crippen LogP contribution in [0.2, 0.25) is 0 Å². The number of hydrogen-bond donors (Lipinski definition) is 0. The van der Waals surface area contributed by atoms with Gasteiger partial charge in [0.15, 0.2) is 0 Å². The van der Waals surface area contributed by atoms with E-state index in [0.29, 0.717) is 34.9 Å². The van der Waals surface area contributed by atoms with Gasteiger partial charge < -0.3 is 23.3 Å². The molecule has 3 aromatic carbocycles. The number of pyridine rings is 1.